The first-order valence-electron chi connectivity index (χ1n) is 46.7. The molecule has 0 aliphatic heterocycles. The summed E-state index contributed by atoms with van der Waals surface area (Å²) >= 11 is 12.0. The van der Waals surface area contributed by atoms with Gasteiger partial charge in [0.05, 0.1) is 141 Å². The molecular weight excluding hydrogens is 1890 g/mol. The van der Waals surface area contributed by atoms with Crippen molar-refractivity contribution in [2.45, 2.75) is 247 Å². The van der Waals surface area contributed by atoms with Gasteiger partial charge in [0.15, 0.2) is 0 Å². The topological polar surface area (TPSA) is 364 Å². The Kier molecular flexibility index (Phi) is 44.5. The predicted molar refractivity (Wildman–Crippen MR) is 545 cm³/mol. The molecule has 14 aromatic rings. The number of aromatic nitrogens is 14. The van der Waals surface area contributed by atoms with E-state index in [1.807, 2.05) is 207 Å². The normalized spacial score (nSPS) is 10.6. The van der Waals surface area contributed by atoms with Crippen molar-refractivity contribution in [2.24, 2.45) is 0 Å². The molecule has 752 valence electrons. The van der Waals surface area contributed by atoms with Gasteiger partial charge in [0.25, 0.3) is 0 Å². The molecule has 0 amide bonds. The molecule has 0 atom stereocenters. The van der Waals surface area contributed by atoms with Crippen molar-refractivity contribution in [3.63, 3.8) is 0 Å². The average molecular weight is 2010 g/mol. The first-order valence-corrected chi connectivity index (χ1v) is 47.5. The maximum absolute atomic E-state index is 13.7. The summed E-state index contributed by atoms with van der Waals surface area (Å²) in [5.41, 5.74) is 20.5. The van der Waals surface area contributed by atoms with Gasteiger partial charge in [-0.25, -0.2) is 91.7 Å². The summed E-state index contributed by atoms with van der Waals surface area (Å²) in [4.78, 5) is 58.8. The molecule has 26 nitrogen and oxygen atoms in total. The van der Waals surface area contributed by atoms with E-state index in [4.69, 9.17) is 66.9 Å². The van der Waals surface area contributed by atoms with E-state index >= 15 is 0 Å². The molecule has 7 aromatic heterocycles. The third-order valence-corrected chi connectivity index (χ3v) is 22.3. The Labute approximate surface area is 855 Å². The Morgan fingerprint density at radius 2 is 0.497 bits per heavy atom. The summed E-state index contributed by atoms with van der Waals surface area (Å²) in [6.45, 7) is 43.9. The van der Waals surface area contributed by atoms with Crippen molar-refractivity contribution in [1.82, 2.24) is 69.8 Å². The number of halogens is 7. The number of hydrogen-bond acceptors (Lipinski definition) is 26. The lowest BCUT2D eigenvalue weighted by Gasteiger charge is -2.14. The van der Waals surface area contributed by atoms with E-state index in [1.54, 1.807) is 43.3 Å². The van der Waals surface area contributed by atoms with Crippen LogP contribution < -0.4 is 33.2 Å². The van der Waals surface area contributed by atoms with E-state index in [0.29, 0.717) is 140 Å². The maximum Gasteiger partial charge on any atom is 0.219 e. The van der Waals surface area contributed by atoms with Crippen LogP contribution in [0, 0.1) is 148 Å². The highest BCUT2D eigenvalue weighted by Crippen LogP contribution is 2.33. The van der Waals surface area contributed by atoms with Crippen LogP contribution in [0.1, 0.15) is 254 Å². The van der Waals surface area contributed by atoms with Crippen LogP contribution in [0.5, 0.6) is 41.2 Å². The predicted octanol–water partition coefficient (Wildman–Crippen LogP) is 24.1. The highest BCUT2D eigenvalue weighted by atomic mass is 35.5. The molecule has 0 bridgehead atoms. The smallest absolute Gasteiger partial charge is 0.219 e. The molecule has 33 heteroatoms. The molecule has 0 unspecified atom stereocenters. The van der Waals surface area contributed by atoms with Gasteiger partial charge >= 0.3 is 0 Å². The minimum absolute atomic E-state index is 0.000919. The largest absolute Gasteiger partial charge is 0.475 e. The molecule has 0 N–H and O–H groups in total. The molecule has 0 saturated heterocycles. The van der Waals surface area contributed by atoms with Crippen LogP contribution >= 0.6 is 23.2 Å². The molecule has 7 aromatic carbocycles. The van der Waals surface area contributed by atoms with E-state index in [2.05, 4.69) is 94.1 Å². The molecule has 0 radical (unpaired) electrons. The third-order valence-electron chi connectivity index (χ3n) is 21.6. The van der Waals surface area contributed by atoms with E-state index in [0.717, 1.165) is 113 Å². The lowest BCUT2D eigenvalue weighted by atomic mass is 9.97. The summed E-state index contributed by atoms with van der Waals surface area (Å²) in [5, 5.41) is 47.2. The van der Waals surface area contributed by atoms with Crippen LogP contribution in [-0.4, -0.2) is 113 Å². The van der Waals surface area contributed by atoms with Crippen molar-refractivity contribution in [3.8, 4) is 71.5 Å². The van der Waals surface area contributed by atoms with Crippen LogP contribution in [0.3, 0.4) is 0 Å². The van der Waals surface area contributed by atoms with Gasteiger partial charge in [0.1, 0.15) is 73.4 Å². The number of hydrogen-bond donors (Lipinski definition) is 0. The Balaban J connectivity index is 0.000000207. The van der Waals surface area contributed by atoms with Gasteiger partial charge in [0.2, 0.25) is 41.2 Å². The van der Waals surface area contributed by atoms with Crippen molar-refractivity contribution in [1.29, 1.82) is 26.3 Å². The standard InChI is InChI=1S/C17H18ClN3O.C17H18FN3O.C16H16ClN3O.C16H16FN3O.C16H17N3O.C15H16F2N2O.C15H17FN2O/c2*1-10(2)22-17-12(4)16(20-9-21-17)7-13-5-6-15(18)11(3)14(13)8-19;2*1-10(2)21-16-11(3)15(19-9-20-16)7-12-4-5-14(17)6-13(12)8-18;1-11(2)20-16-12(3)15(18-10-19-16)8-13-6-4-5-7-14(13)9-17;1-9(2)20-15-10(3)14(18-8-19-15)6-11-4-5-12(16)7-13(11)17;1-10(2)19-15-11(3)14(17-9-18-15)8-12-6-4-5-7-13(12)16/h2*5-6,9-10H,7H2,1-4H3;2*4-6,9-10H,7H2,1-3H3;4-7,10-11H,8H2,1-3H3;4-5,7-9H,6H2,1-3H3;4-7,9-10H,8H2,1-3H3. The average Bonchev–Trinajstić information content (AvgIpc) is 0.793. The summed E-state index contributed by atoms with van der Waals surface area (Å²) in [7, 11) is 0. The molecule has 0 saturated carbocycles. The zero-order valence-corrected chi connectivity index (χ0v) is 87.2. The fourth-order valence-corrected chi connectivity index (χ4v) is 14.3. The van der Waals surface area contributed by atoms with Gasteiger partial charge in [-0.3, -0.25) is 0 Å². The molecule has 7 heterocycles. The zero-order chi connectivity index (χ0) is 106. The van der Waals surface area contributed by atoms with Crippen LogP contribution in [0.4, 0.5) is 22.0 Å². The van der Waals surface area contributed by atoms with Crippen molar-refractivity contribution >= 4 is 23.2 Å². The quantitative estimate of drug-likeness (QED) is 0.0411. The van der Waals surface area contributed by atoms with Crippen LogP contribution in [-0.2, 0) is 44.9 Å². The number of nitriles is 5. The zero-order valence-electron chi connectivity index (χ0n) is 85.7. The maximum atomic E-state index is 13.7. The summed E-state index contributed by atoms with van der Waals surface area (Å²) in [6.07, 6.45) is 13.8. The molecular formula is C112H118Cl2F5N19O7. The Bertz CT molecular complexity index is 6750. The molecule has 0 aliphatic rings. The minimum atomic E-state index is -0.588. The number of benzene rings is 7. The lowest BCUT2D eigenvalue weighted by molar-refractivity contribution is 0.229. The summed E-state index contributed by atoms with van der Waals surface area (Å²) < 4.78 is 106. The number of rotatable bonds is 28. The van der Waals surface area contributed by atoms with Gasteiger partial charge in [0, 0.05) is 106 Å². The van der Waals surface area contributed by atoms with Crippen molar-refractivity contribution in [3.05, 3.63) is 368 Å². The second-order valence-electron chi connectivity index (χ2n) is 35.2. The summed E-state index contributed by atoms with van der Waals surface area (Å²) in [6, 6.07) is 44.7. The molecule has 0 aliphatic carbocycles. The van der Waals surface area contributed by atoms with E-state index in [1.165, 1.54) is 80.7 Å². The highest BCUT2D eigenvalue weighted by Gasteiger charge is 2.23. The summed E-state index contributed by atoms with van der Waals surface area (Å²) in [5.74, 6) is 1.75. The first-order chi connectivity index (χ1) is 69.0. The SMILES string of the molecule is Cc1c(Cc2ccc(Cl)c(C)c2C#N)ncnc1OC(C)C.Cc1c(Cc2ccc(Cl)cc2C#N)ncnc1OC(C)C.Cc1c(Cc2ccc(F)c(C)c2C#N)ncnc1OC(C)C.Cc1c(Cc2ccc(F)cc2C#N)ncnc1OC(C)C.Cc1c(Cc2ccc(F)cc2F)ncnc1OC(C)C.Cc1c(Cc2ccccc2C#N)ncnc1OC(C)C.Cc1c(Cc2ccccc2F)ncnc1OC(C)C. The Hall–Kier alpha value is -15.6. The number of nitrogens with zero attached hydrogens (tertiary/aromatic N) is 19. The first kappa shape index (κ1) is 115. The van der Waals surface area contributed by atoms with Gasteiger partial charge < -0.3 is 33.2 Å². The molecule has 145 heavy (non-hydrogen) atoms. The third kappa shape index (κ3) is 34.6. The van der Waals surface area contributed by atoms with E-state index in [-0.39, 0.29) is 60.8 Å². The van der Waals surface area contributed by atoms with Gasteiger partial charge in [-0.05, 0) is 258 Å². The second kappa shape index (κ2) is 56.3. The minimum Gasteiger partial charge on any atom is -0.475 e. The van der Waals surface area contributed by atoms with Crippen molar-refractivity contribution < 1.29 is 55.1 Å². The second-order valence-corrected chi connectivity index (χ2v) is 36.1. The van der Waals surface area contributed by atoms with Gasteiger partial charge in [-0.2, -0.15) is 26.3 Å². The fourth-order valence-electron chi connectivity index (χ4n) is 14.0. The number of ether oxygens (including phenoxy) is 7. The molecule has 0 fully saturated rings. The van der Waals surface area contributed by atoms with Gasteiger partial charge in [-0.1, -0.05) is 89.9 Å². The Morgan fingerprint density at radius 1 is 0.241 bits per heavy atom. The van der Waals surface area contributed by atoms with E-state index in [9.17, 15) is 37.7 Å². The van der Waals surface area contributed by atoms with Crippen molar-refractivity contribution in [2.75, 3.05) is 0 Å². The van der Waals surface area contributed by atoms with Crippen LogP contribution in [0.2, 0.25) is 10.0 Å². The van der Waals surface area contributed by atoms with Gasteiger partial charge in [-0.15, -0.1) is 0 Å². The molecule has 0 spiro atoms. The van der Waals surface area contributed by atoms with E-state index < -0.39 is 17.5 Å². The lowest BCUT2D eigenvalue weighted by Crippen LogP contribution is -2.10. The van der Waals surface area contributed by atoms with Crippen LogP contribution in [0.15, 0.2) is 172 Å². The van der Waals surface area contributed by atoms with Crippen LogP contribution in [0.25, 0.3) is 0 Å². The molecule has 14 rings (SSSR count). The monoisotopic (exact) mass is 2010 g/mol. The highest BCUT2D eigenvalue weighted by molar-refractivity contribution is 6.31. The Morgan fingerprint density at radius 3 is 0.814 bits per heavy atom. The fraction of sp³-hybridized carbons (Fsp3) is 0.330.